The van der Waals surface area contributed by atoms with Gasteiger partial charge in [0.25, 0.3) is 5.91 Å². The molecule has 2 N–H and O–H groups in total. The number of carbonyl (C=O) groups is 2. The van der Waals surface area contributed by atoms with Crippen LogP contribution in [0.25, 0.3) is 11.1 Å². The van der Waals surface area contributed by atoms with Crippen LogP contribution < -0.4 is 15.5 Å². The Balaban J connectivity index is 1.44. The SMILES string of the molecule is CN1CCN(c2ccc(-c3cc(CNC4CCCCC4)ccc3F)cc2NC(=O)C2C=NC(=O)C=C2C(F)(F)F)CC1. The molecule has 0 radical (unpaired) electrons. The molecule has 1 unspecified atom stereocenters. The third kappa shape index (κ3) is 7.07. The van der Waals surface area contributed by atoms with Crippen molar-refractivity contribution in [2.75, 3.05) is 43.4 Å². The standard InChI is InChI=1S/C31H35F4N5O2/c1-39-11-13-40(14-12-39)28-10-8-21(23-15-20(7-9-26(23)32)18-36-22-5-3-2-4-6-22)16-27(28)38-30(42)24-19-37-29(41)17-25(24)31(33,34)35/h7-10,15-17,19,22,24,36H,2-6,11-14,18H2,1H3,(H,38,42). The molecule has 2 heterocycles. The van der Waals surface area contributed by atoms with E-state index in [1.165, 1.54) is 25.3 Å². The number of carbonyl (C=O) groups excluding carboxylic acids is 2. The summed E-state index contributed by atoms with van der Waals surface area (Å²) in [6, 6.07) is 10.5. The smallest absolute Gasteiger partial charge is 0.367 e. The van der Waals surface area contributed by atoms with E-state index in [1.54, 1.807) is 30.3 Å². The summed E-state index contributed by atoms with van der Waals surface area (Å²) in [4.78, 5) is 32.5. The highest BCUT2D eigenvalue weighted by atomic mass is 19.4. The van der Waals surface area contributed by atoms with Gasteiger partial charge >= 0.3 is 6.18 Å². The van der Waals surface area contributed by atoms with E-state index in [0.29, 0.717) is 48.6 Å². The van der Waals surface area contributed by atoms with Crippen molar-refractivity contribution in [3.05, 3.63) is 59.4 Å². The molecule has 1 atom stereocenters. The number of amides is 2. The van der Waals surface area contributed by atoms with Crippen LogP contribution in [0.5, 0.6) is 0 Å². The summed E-state index contributed by atoms with van der Waals surface area (Å²) in [6.07, 6.45) is 2.08. The van der Waals surface area contributed by atoms with E-state index in [2.05, 4.69) is 20.5 Å². The molecule has 42 heavy (non-hydrogen) atoms. The van der Waals surface area contributed by atoms with Crippen LogP contribution in [0.2, 0.25) is 0 Å². The molecule has 2 aromatic carbocycles. The largest absolute Gasteiger partial charge is 0.414 e. The number of anilines is 2. The van der Waals surface area contributed by atoms with Gasteiger partial charge in [-0.05, 0) is 55.3 Å². The average Bonchev–Trinajstić information content (AvgIpc) is 2.97. The Kier molecular flexibility index (Phi) is 9.08. The number of alkyl halides is 3. The first-order chi connectivity index (χ1) is 20.1. The van der Waals surface area contributed by atoms with Crippen LogP contribution in [0.1, 0.15) is 37.7 Å². The summed E-state index contributed by atoms with van der Waals surface area (Å²) in [7, 11) is 2.00. The summed E-state index contributed by atoms with van der Waals surface area (Å²) in [5, 5.41) is 6.21. The quantitative estimate of drug-likeness (QED) is 0.430. The maximum absolute atomic E-state index is 15.1. The lowest BCUT2D eigenvalue weighted by Gasteiger charge is -2.35. The minimum absolute atomic E-state index is 0.263. The van der Waals surface area contributed by atoms with Crippen LogP contribution in [-0.2, 0) is 16.1 Å². The molecule has 2 aromatic rings. The second-order valence-corrected chi connectivity index (χ2v) is 11.2. The minimum Gasteiger partial charge on any atom is -0.367 e. The molecular formula is C31H35F4N5O2. The van der Waals surface area contributed by atoms with Crippen molar-refractivity contribution in [1.29, 1.82) is 0 Å². The van der Waals surface area contributed by atoms with Crippen LogP contribution in [0.4, 0.5) is 28.9 Å². The van der Waals surface area contributed by atoms with E-state index in [1.807, 2.05) is 11.9 Å². The lowest BCUT2D eigenvalue weighted by Crippen LogP contribution is -2.44. The highest BCUT2D eigenvalue weighted by molar-refractivity contribution is 6.11. The van der Waals surface area contributed by atoms with E-state index in [4.69, 9.17) is 0 Å². The lowest BCUT2D eigenvalue weighted by atomic mass is 9.95. The molecule has 224 valence electrons. The van der Waals surface area contributed by atoms with Gasteiger partial charge in [0, 0.05) is 56.6 Å². The number of likely N-dealkylation sites (N-methyl/N-ethyl adjacent to an activating group) is 1. The highest BCUT2D eigenvalue weighted by Crippen LogP contribution is 2.37. The molecule has 2 aliphatic heterocycles. The fraction of sp³-hybridized carbons (Fsp3) is 0.452. The number of hydrogen-bond acceptors (Lipinski definition) is 5. The summed E-state index contributed by atoms with van der Waals surface area (Å²) >= 11 is 0. The summed E-state index contributed by atoms with van der Waals surface area (Å²) in [5.74, 6) is -4.29. The lowest BCUT2D eigenvalue weighted by molar-refractivity contribution is -0.124. The zero-order valence-corrected chi connectivity index (χ0v) is 23.5. The van der Waals surface area contributed by atoms with Crippen LogP contribution in [0, 0.1) is 11.7 Å². The number of dihydropyridines is 1. The Morgan fingerprint density at radius 1 is 1.02 bits per heavy atom. The number of aliphatic imine (C=N–C) groups is 1. The molecule has 2 fully saturated rings. The number of halogens is 4. The molecule has 1 saturated carbocycles. The predicted molar refractivity (Wildman–Crippen MR) is 155 cm³/mol. The van der Waals surface area contributed by atoms with E-state index in [0.717, 1.165) is 37.7 Å². The molecule has 5 rings (SSSR count). The maximum atomic E-state index is 15.1. The number of rotatable bonds is 7. The summed E-state index contributed by atoms with van der Waals surface area (Å²) < 4.78 is 56.2. The zero-order chi connectivity index (χ0) is 29.9. The second-order valence-electron chi connectivity index (χ2n) is 11.2. The molecule has 3 aliphatic rings. The van der Waals surface area contributed by atoms with Gasteiger partial charge in [0.15, 0.2) is 0 Å². The first kappa shape index (κ1) is 29.9. The Morgan fingerprint density at radius 3 is 2.48 bits per heavy atom. The molecule has 1 saturated heterocycles. The number of piperazine rings is 1. The van der Waals surface area contributed by atoms with Gasteiger partial charge in [-0.25, -0.2) is 9.38 Å². The molecule has 2 amide bonds. The van der Waals surface area contributed by atoms with Crippen LogP contribution in [0.3, 0.4) is 0 Å². The molecule has 0 bridgehead atoms. The molecule has 7 nitrogen and oxygen atoms in total. The van der Waals surface area contributed by atoms with Gasteiger partial charge in [-0.15, -0.1) is 0 Å². The fourth-order valence-corrected chi connectivity index (χ4v) is 5.77. The highest BCUT2D eigenvalue weighted by Gasteiger charge is 2.43. The Morgan fingerprint density at radius 2 is 1.76 bits per heavy atom. The molecule has 1 aliphatic carbocycles. The number of hydrogen-bond donors (Lipinski definition) is 2. The topological polar surface area (TPSA) is 77.0 Å². The van der Waals surface area contributed by atoms with Gasteiger partial charge in [-0.2, -0.15) is 13.2 Å². The maximum Gasteiger partial charge on any atom is 0.414 e. The zero-order valence-electron chi connectivity index (χ0n) is 23.5. The van der Waals surface area contributed by atoms with E-state index >= 15 is 4.39 Å². The minimum atomic E-state index is -4.89. The summed E-state index contributed by atoms with van der Waals surface area (Å²) in [5.41, 5.74) is 1.34. The van der Waals surface area contributed by atoms with Crippen molar-refractivity contribution in [3.8, 4) is 11.1 Å². The first-order valence-corrected chi connectivity index (χ1v) is 14.4. The van der Waals surface area contributed by atoms with Gasteiger partial charge in [0.1, 0.15) is 11.7 Å². The molecular weight excluding hydrogens is 550 g/mol. The van der Waals surface area contributed by atoms with Gasteiger partial charge in [-0.3, -0.25) is 9.59 Å². The van der Waals surface area contributed by atoms with Crippen LogP contribution >= 0.6 is 0 Å². The first-order valence-electron chi connectivity index (χ1n) is 14.4. The van der Waals surface area contributed by atoms with Crippen LogP contribution in [-0.4, -0.2) is 68.4 Å². The Bertz CT molecular complexity index is 1380. The van der Waals surface area contributed by atoms with Crippen molar-refractivity contribution < 1.29 is 27.2 Å². The molecule has 11 heteroatoms. The van der Waals surface area contributed by atoms with Crippen molar-refractivity contribution in [2.45, 2.75) is 50.9 Å². The van der Waals surface area contributed by atoms with Gasteiger partial charge in [0.05, 0.1) is 16.9 Å². The van der Waals surface area contributed by atoms with Crippen molar-refractivity contribution in [1.82, 2.24) is 10.2 Å². The molecule has 0 aromatic heterocycles. The van der Waals surface area contributed by atoms with Crippen LogP contribution in [0.15, 0.2) is 53.0 Å². The van der Waals surface area contributed by atoms with E-state index in [-0.39, 0.29) is 5.69 Å². The number of nitrogens with one attached hydrogen (secondary N) is 2. The monoisotopic (exact) mass is 585 g/mol. The van der Waals surface area contributed by atoms with Gasteiger partial charge < -0.3 is 20.4 Å². The van der Waals surface area contributed by atoms with E-state index in [9.17, 15) is 22.8 Å². The Hall–Kier alpha value is -3.57. The average molecular weight is 586 g/mol. The predicted octanol–water partition coefficient (Wildman–Crippen LogP) is 5.32. The van der Waals surface area contributed by atoms with Gasteiger partial charge in [-0.1, -0.05) is 31.4 Å². The number of nitrogens with zero attached hydrogens (tertiary/aromatic N) is 3. The summed E-state index contributed by atoms with van der Waals surface area (Å²) in [6.45, 7) is 3.40. The van der Waals surface area contributed by atoms with Crippen molar-refractivity contribution in [2.24, 2.45) is 10.9 Å². The Labute approximate surface area is 242 Å². The number of benzene rings is 2. The third-order valence-electron chi connectivity index (χ3n) is 8.21. The fourth-order valence-electron chi connectivity index (χ4n) is 5.77. The normalized spacial score (nSPS) is 20.5. The second kappa shape index (κ2) is 12.7. The third-order valence-corrected chi connectivity index (χ3v) is 8.21. The molecule has 0 spiro atoms. The van der Waals surface area contributed by atoms with Crippen molar-refractivity contribution >= 4 is 29.4 Å². The van der Waals surface area contributed by atoms with Gasteiger partial charge in [0.2, 0.25) is 5.91 Å². The van der Waals surface area contributed by atoms with E-state index < -0.39 is 35.3 Å². The van der Waals surface area contributed by atoms with Crippen molar-refractivity contribution in [3.63, 3.8) is 0 Å².